The van der Waals surface area contributed by atoms with E-state index >= 15 is 0 Å². The van der Waals surface area contributed by atoms with Crippen molar-refractivity contribution in [3.63, 3.8) is 0 Å². The van der Waals surface area contributed by atoms with Crippen molar-refractivity contribution >= 4 is 34.5 Å². The van der Waals surface area contributed by atoms with Crippen LogP contribution in [0.4, 0.5) is 4.39 Å². The van der Waals surface area contributed by atoms with Gasteiger partial charge in [-0.25, -0.2) is 4.39 Å². The molecule has 2 rings (SSSR count). The third-order valence-corrected chi connectivity index (χ3v) is 4.72. The number of piperidine rings is 1. The lowest BCUT2D eigenvalue weighted by Crippen LogP contribution is -2.45. The number of hydrogen-bond acceptors (Lipinski definition) is 2. The third kappa shape index (κ3) is 2.94. The molecule has 0 radical (unpaired) electrons. The smallest absolute Gasteiger partial charge is 0.309 e. The van der Waals surface area contributed by atoms with E-state index in [1.54, 1.807) is 11.8 Å². The van der Waals surface area contributed by atoms with Gasteiger partial charge < -0.3 is 10.0 Å². The first-order chi connectivity index (χ1) is 9.33. The minimum Gasteiger partial charge on any atom is -0.481 e. The van der Waals surface area contributed by atoms with E-state index in [1.165, 1.54) is 18.2 Å². The van der Waals surface area contributed by atoms with Crippen LogP contribution in [-0.2, 0) is 4.79 Å². The van der Waals surface area contributed by atoms with E-state index in [-0.39, 0.29) is 11.7 Å². The van der Waals surface area contributed by atoms with Crippen LogP contribution in [0.1, 0.15) is 30.1 Å². The molecule has 0 unspecified atom stereocenters. The van der Waals surface area contributed by atoms with Crippen molar-refractivity contribution in [3.8, 4) is 0 Å². The van der Waals surface area contributed by atoms with Crippen molar-refractivity contribution in [3.05, 3.63) is 33.1 Å². The Bertz CT molecular complexity index is 553. The number of carbonyl (C=O) groups is 2. The van der Waals surface area contributed by atoms with Crippen LogP contribution in [0, 0.1) is 14.8 Å². The van der Waals surface area contributed by atoms with E-state index in [2.05, 4.69) is 0 Å². The summed E-state index contributed by atoms with van der Waals surface area (Å²) in [6, 6.07) is 4.06. The van der Waals surface area contributed by atoms with E-state index in [0.717, 1.165) is 0 Å². The average molecular weight is 391 g/mol. The normalized spacial score (nSPS) is 17.9. The molecule has 1 aromatic rings. The van der Waals surface area contributed by atoms with E-state index in [0.29, 0.717) is 35.1 Å². The molecule has 0 aromatic heterocycles. The number of rotatable bonds is 2. The van der Waals surface area contributed by atoms with Gasteiger partial charge in [-0.3, -0.25) is 9.59 Å². The van der Waals surface area contributed by atoms with Crippen LogP contribution in [0.25, 0.3) is 0 Å². The number of carboxylic acids is 1. The Morgan fingerprint density at radius 1 is 1.35 bits per heavy atom. The molecule has 1 N–H and O–H groups in total. The Morgan fingerprint density at radius 2 is 1.95 bits per heavy atom. The molecule has 1 saturated heterocycles. The lowest BCUT2D eigenvalue weighted by molar-refractivity contribution is -0.150. The highest BCUT2D eigenvalue weighted by molar-refractivity contribution is 14.1. The topological polar surface area (TPSA) is 57.6 Å². The fraction of sp³-hybridized carbons (Fsp3) is 0.429. The summed E-state index contributed by atoms with van der Waals surface area (Å²) >= 11 is 1.93. The van der Waals surface area contributed by atoms with Gasteiger partial charge >= 0.3 is 5.97 Å². The molecule has 0 bridgehead atoms. The number of carbonyl (C=O) groups excluding carboxylic acids is 1. The molecule has 1 fully saturated rings. The first-order valence-electron chi connectivity index (χ1n) is 6.31. The highest BCUT2D eigenvalue weighted by Gasteiger charge is 2.38. The van der Waals surface area contributed by atoms with Gasteiger partial charge in [0.1, 0.15) is 5.82 Å². The van der Waals surface area contributed by atoms with E-state index < -0.39 is 11.4 Å². The fourth-order valence-electron chi connectivity index (χ4n) is 2.25. The van der Waals surface area contributed by atoms with Gasteiger partial charge in [-0.15, -0.1) is 0 Å². The maximum atomic E-state index is 13.0. The summed E-state index contributed by atoms with van der Waals surface area (Å²) < 4.78 is 13.6. The lowest BCUT2D eigenvalue weighted by atomic mass is 9.80. The van der Waals surface area contributed by atoms with E-state index in [1.807, 2.05) is 22.6 Å². The van der Waals surface area contributed by atoms with Crippen LogP contribution in [0.5, 0.6) is 0 Å². The van der Waals surface area contributed by atoms with Crippen LogP contribution in [-0.4, -0.2) is 35.0 Å². The highest BCUT2D eigenvalue weighted by atomic mass is 127. The van der Waals surface area contributed by atoms with Crippen molar-refractivity contribution in [2.75, 3.05) is 13.1 Å². The van der Waals surface area contributed by atoms with Crippen molar-refractivity contribution in [1.29, 1.82) is 0 Å². The van der Waals surface area contributed by atoms with Crippen LogP contribution < -0.4 is 0 Å². The maximum absolute atomic E-state index is 13.0. The Hall–Kier alpha value is -1.18. The van der Waals surface area contributed by atoms with Gasteiger partial charge in [0.2, 0.25) is 0 Å². The second kappa shape index (κ2) is 5.67. The van der Waals surface area contributed by atoms with Gasteiger partial charge in [-0.1, -0.05) is 0 Å². The second-order valence-electron chi connectivity index (χ2n) is 5.28. The second-order valence-corrected chi connectivity index (χ2v) is 6.44. The minimum atomic E-state index is -0.819. The molecular weight excluding hydrogens is 376 g/mol. The SMILES string of the molecule is CC1(C(=O)O)CCN(C(=O)c2ccc(F)cc2I)CC1. The summed E-state index contributed by atoms with van der Waals surface area (Å²) in [7, 11) is 0. The van der Waals surface area contributed by atoms with Gasteiger partial charge in [-0.2, -0.15) is 0 Å². The molecule has 1 aliphatic rings. The molecule has 0 aliphatic carbocycles. The summed E-state index contributed by atoms with van der Waals surface area (Å²) in [4.78, 5) is 25.2. The number of likely N-dealkylation sites (tertiary alicyclic amines) is 1. The average Bonchev–Trinajstić information content (AvgIpc) is 2.38. The van der Waals surface area contributed by atoms with Crippen LogP contribution in [0.15, 0.2) is 18.2 Å². The summed E-state index contributed by atoms with van der Waals surface area (Å²) in [5.41, 5.74) is -0.293. The number of aliphatic carboxylic acids is 1. The molecule has 1 heterocycles. The Balaban J connectivity index is 2.11. The zero-order valence-corrected chi connectivity index (χ0v) is 13.2. The molecule has 0 saturated carbocycles. The van der Waals surface area contributed by atoms with Crippen molar-refractivity contribution in [1.82, 2.24) is 4.90 Å². The molecule has 0 atom stereocenters. The molecule has 1 aliphatic heterocycles. The van der Waals surface area contributed by atoms with E-state index in [9.17, 15) is 14.0 Å². The molecule has 1 aromatic carbocycles. The standard InChI is InChI=1S/C14H15FINO3/c1-14(13(19)20)4-6-17(7-5-14)12(18)10-3-2-9(15)8-11(10)16/h2-3,8H,4-7H2,1H3,(H,19,20). The fourth-order valence-corrected chi connectivity index (χ4v) is 2.96. The van der Waals surface area contributed by atoms with Gasteiger partial charge in [0.15, 0.2) is 0 Å². The predicted octanol–water partition coefficient (Wildman–Crippen LogP) is 2.76. The summed E-state index contributed by atoms with van der Waals surface area (Å²) in [6.45, 7) is 2.53. The Morgan fingerprint density at radius 3 is 2.45 bits per heavy atom. The van der Waals surface area contributed by atoms with Crippen LogP contribution in [0.3, 0.4) is 0 Å². The van der Waals surface area contributed by atoms with E-state index in [4.69, 9.17) is 5.11 Å². The predicted molar refractivity (Wildman–Crippen MR) is 80.0 cm³/mol. The summed E-state index contributed by atoms with van der Waals surface area (Å²) in [6.07, 6.45) is 0.873. The van der Waals surface area contributed by atoms with Crippen LogP contribution >= 0.6 is 22.6 Å². The molecule has 4 nitrogen and oxygen atoms in total. The Kier molecular flexibility index (Phi) is 4.31. The van der Waals surface area contributed by atoms with Gasteiger partial charge in [0.05, 0.1) is 11.0 Å². The minimum absolute atomic E-state index is 0.165. The number of hydrogen-bond donors (Lipinski definition) is 1. The van der Waals surface area contributed by atoms with Gasteiger partial charge in [-0.05, 0) is 60.6 Å². The number of carboxylic acid groups (broad SMARTS) is 1. The number of amides is 1. The number of halogens is 2. The first kappa shape index (κ1) is 15.2. The maximum Gasteiger partial charge on any atom is 0.309 e. The zero-order chi connectivity index (χ0) is 14.9. The highest BCUT2D eigenvalue weighted by Crippen LogP contribution is 2.32. The largest absolute Gasteiger partial charge is 0.481 e. The molecule has 108 valence electrons. The van der Waals surface area contributed by atoms with Crippen LogP contribution in [0.2, 0.25) is 0 Å². The summed E-state index contributed by atoms with van der Waals surface area (Å²) in [5.74, 6) is -1.36. The monoisotopic (exact) mass is 391 g/mol. The number of benzene rings is 1. The van der Waals surface area contributed by atoms with Crippen molar-refractivity contribution in [2.45, 2.75) is 19.8 Å². The van der Waals surface area contributed by atoms with Crippen molar-refractivity contribution in [2.24, 2.45) is 5.41 Å². The zero-order valence-electron chi connectivity index (χ0n) is 11.0. The first-order valence-corrected chi connectivity index (χ1v) is 7.39. The Labute approximate surface area is 130 Å². The lowest BCUT2D eigenvalue weighted by Gasteiger charge is -2.36. The molecule has 20 heavy (non-hydrogen) atoms. The molecule has 6 heteroatoms. The van der Waals surface area contributed by atoms with Crippen molar-refractivity contribution < 1.29 is 19.1 Å². The third-order valence-electron chi connectivity index (χ3n) is 3.83. The summed E-state index contributed by atoms with van der Waals surface area (Å²) in [5, 5.41) is 9.17. The van der Waals surface area contributed by atoms with Gasteiger partial charge in [0, 0.05) is 16.7 Å². The molecule has 1 amide bonds. The molecule has 0 spiro atoms. The molecular formula is C14H15FINO3. The number of nitrogens with zero attached hydrogens (tertiary/aromatic N) is 1. The van der Waals surface area contributed by atoms with Gasteiger partial charge in [0.25, 0.3) is 5.91 Å². The quantitative estimate of drug-likeness (QED) is 0.789.